The molecular weight excluding hydrogens is 249 g/mol. The van der Waals surface area contributed by atoms with Gasteiger partial charge in [-0.25, -0.2) is 4.39 Å². The Morgan fingerprint density at radius 2 is 2.29 bits per heavy atom. The van der Waals surface area contributed by atoms with E-state index < -0.39 is 0 Å². The molecule has 0 atom stereocenters. The van der Waals surface area contributed by atoms with E-state index in [1.54, 1.807) is 16.9 Å². The third-order valence-electron chi connectivity index (χ3n) is 2.04. The SMILES string of the molecule is NCCn1ncc2ccc(F)c(Br)c21. The van der Waals surface area contributed by atoms with Gasteiger partial charge in [0.05, 0.1) is 22.7 Å². The van der Waals surface area contributed by atoms with E-state index in [0.29, 0.717) is 17.6 Å². The Morgan fingerprint density at radius 3 is 3.00 bits per heavy atom. The maximum absolute atomic E-state index is 13.2. The molecule has 0 bridgehead atoms. The van der Waals surface area contributed by atoms with Crippen LogP contribution in [0.3, 0.4) is 0 Å². The number of hydrogen-bond donors (Lipinski definition) is 1. The van der Waals surface area contributed by atoms with Crippen LogP contribution in [-0.4, -0.2) is 16.3 Å². The van der Waals surface area contributed by atoms with Crippen LogP contribution >= 0.6 is 15.9 Å². The van der Waals surface area contributed by atoms with Gasteiger partial charge in [0.1, 0.15) is 5.82 Å². The van der Waals surface area contributed by atoms with Crippen molar-refractivity contribution in [2.45, 2.75) is 6.54 Å². The average molecular weight is 258 g/mol. The van der Waals surface area contributed by atoms with Crippen molar-refractivity contribution in [3.8, 4) is 0 Å². The minimum absolute atomic E-state index is 0.281. The molecule has 0 aliphatic heterocycles. The Kier molecular flexibility index (Phi) is 2.52. The fourth-order valence-corrected chi connectivity index (χ4v) is 1.97. The summed E-state index contributed by atoms with van der Waals surface area (Å²) < 4.78 is 15.4. The van der Waals surface area contributed by atoms with E-state index in [1.807, 2.05) is 0 Å². The van der Waals surface area contributed by atoms with E-state index in [2.05, 4.69) is 21.0 Å². The molecule has 0 fully saturated rings. The van der Waals surface area contributed by atoms with Gasteiger partial charge < -0.3 is 5.73 Å². The van der Waals surface area contributed by atoms with Crippen molar-refractivity contribution in [1.29, 1.82) is 0 Å². The van der Waals surface area contributed by atoms with Crippen LogP contribution in [0.15, 0.2) is 22.8 Å². The first kappa shape index (κ1) is 9.61. The Bertz CT molecular complexity index is 466. The summed E-state index contributed by atoms with van der Waals surface area (Å²) in [5.41, 5.74) is 6.19. The highest BCUT2D eigenvalue weighted by Gasteiger charge is 2.09. The van der Waals surface area contributed by atoms with Crippen molar-refractivity contribution in [3.63, 3.8) is 0 Å². The lowest BCUT2D eigenvalue weighted by Gasteiger charge is -2.03. The summed E-state index contributed by atoms with van der Waals surface area (Å²) in [6.07, 6.45) is 1.70. The first-order valence-corrected chi connectivity index (χ1v) is 5.03. The second kappa shape index (κ2) is 3.67. The zero-order valence-corrected chi connectivity index (χ0v) is 8.96. The number of rotatable bonds is 2. The van der Waals surface area contributed by atoms with Crippen molar-refractivity contribution in [3.05, 3.63) is 28.6 Å². The number of nitrogens with zero attached hydrogens (tertiary/aromatic N) is 2. The summed E-state index contributed by atoms with van der Waals surface area (Å²) >= 11 is 3.20. The molecule has 2 aromatic rings. The molecule has 0 amide bonds. The van der Waals surface area contributed by atoms with E-state index in [9.17, 15) is 4.39 Å². The van der Waals surface area contributed by atoms with Gasteiger partial charge in [-0.3, -0.25) is 4.68 Å². The minimum Gasteiger partial charge on any atom is -0.329 e. The van der Waals surface area contributed by atoms with Gasteiger partial charge in [-0.05, 0) is 28.1 Å². The number of benzene rings is 1. The highest BCUT2D eigenvalue weighted by Crippen LogP contribution is 2.26. The number of hydrogen-bond acceptors (Lipinski definition) is 2. The number of halogens is 2. The Balaban J connectivity index is 2.69. The normalized spacial score (nSPS) is 11.1. The van der Waals surface area contributed by atoms with Crippen LogP contribution in [0.4, 0.5) is 4.39 Å². The Morgan fingerprint density at radius 1 is 1.50 bits per heavy atom. The van der Waals surface area contributed by atoms with Crippen LogP contribution in [-0.2, 0) is 6.54 Å². The van der Waals surface area contributed by atoms with E-state index in [4.69, 9.17) is 5.73 Å². The van der Waals surface area contributed by atoms with Crippen molar-refractivity contribution < 1.29 is 4.39 Å². The van der Waals surface area contributed by atoms with Crippen molar-refractivity contribution in [2.24, 2.45) is 5.73 Å². The molecule has 0 unspecified atom stereocenters. The molecule has 2 rings (SSSR count). The summed E-state index contributed by atoms with van der Waals surface area (Å²) in [6, 6.07) is 3.12. The van der Waals surface area contributed by atoms with Crippen LogP contribution in [0.25, 0.3) is 10.9 Å². The molecule has 1 aromatic heterocycles. The maximum atomic E-state index is 13.2. The zero-order chi connectivity index (χ0) is 10.1. The Labute approximate surface area is 88.8 Å². The molecule has 1 aromatic carbocycles. The lowest BCUT2D eigenvalue weighted by molar-refractivity contribution is 0.614. The first-order chi connectivity index (χ1) is 6.74. The Hall–Kier alpha value is -0.940. The van der Waals surface area contributed by atoms with Gasteiger partial charge in [0.25, 0.3) is 0 Å². The monoisotopic (exact) mass is 257 g/mol. The summed E-state index contributed by atoms with van der Waals surface area (Å²) in [4.78, 5) is 0. The van der Waals surface area contributed by atoms with Gasteiger partial charge in [-0.15, -0.1) is 0 Å². The van der Waals surface area contributed by atoms with Crippen molar-refractivity contribution in [1.82, 2.24) is 9.78 Å². The summed E-state index contributed by atoms with van der Waals surface area (Å²) in [5, 5.41) is 5.04. The smallest absolute Gasteiger partial charge is 0.139 e. The molecule has 0 aliphatic rings. The fourth-order valence-electron chi connectivity index (χ4n) is 1.40. The largest absolute Gasteiger partial charge is 0.329 e. The van der Waals surface area contributed by atoms with Crippen LogP contribution < -0.4 is 5.73 Å². The molecule has 1 heterocycles. The van der Waals surface area contributed by atoms with Gasteiger partial charge in [0.15, 0.2) is 0 Å². The van der Waals surface area contributed by atoms with Crippen LogP contribution in [0.5, 0.6) is 0 Å². The lowest BCUT2D eigenvalue weighted by Crippen LogP contribution is -2.11. The fraction of sp³-hybridized carbons (Fsp3) is 0.222. The third kappa shape index (κ3) is 1.42. The number of nitrogens with two attached hydrogens (primary N) is 1. The molecule has 0 saturated heterocycles. The van der Waals surface area contributed by atoms with Crippen molar-refractivity contribution in [2.75, 3.05) is 6.54 Å². The minimum atomic E-state index is -0.281. The predicted molar refractivity (Wildman–Crippen MR) is 56.4 cm³/mol. The van der Waals surface area contributed by atoms with Gasteiger partial charge in [0.2, 0.25) is 0 Å². The molecule has 2 N–H and O–H groups in total. The number of fused-ring (bicyclic) bond motifs is 1. The molecular formula is C9H9BrFN3. The van der Waals surface area contributed by atoms with E-state index >= 15 is 0 Å². The molecule has 0 saturated carbocycles. The van der Waals surface area contributed by atoms with E-state index in [0.717, 1.165) is 10.9 Å². The molecule has 3 nitrogen and oxygen atoms in total. The van der Waals surface area contributed by atoms with Gasteiger partial charge in [0, 0.05) is 11.9 Å². The van der Waals surface area contributed by atoms with Gasteiger partial charge in [-0.1, -0.05) is 0 Å². The summed E-state index contributed by atoms with van der Waals surface area (Å²) in [6.45, 7) is 1.07. The standard InChI is InChI=1S/C9H9BrFN3/c10-8-7(11)2-1-6-5-13-14(4-3-12)9(6)8/h1-2,5H,3-4,12H2. The quantitative estimate of drug-likeness (QED) is 0.893. The molecule has 5 heteroatoms. The lowest BCUT2D eigenvalue weighted by atomic mass is 10.2. The van der Waals surface area contributed by atoms with Crippen molar-refractivity contribution >= 4 is 26.8 Å². The zero-order valence-electron chi connectivity index (χ0n) is 7.37. The third-order valence-corrected chi connectivity index (χ3v) is 2.79. The second-order valence-electron chi connectivity index (χ2n) is 2.96. The van der Waals surface area contributed by atoms with E-state index in [-0.39, 0.29) is 5.82 Å². The highest BCUT2D eigenvalue weighted by molar-refractivity contribution is 9.10. The second-order valence-corrected chi connectivity index (χ2v) is 3.75. The predicted octanol–water partition coefficient (Wildman–Crippen LogP) is 1.90. The summed E-state index contributed by atoms with van der Waals surface area (Å²) in [7, 11) is 0. The highest BCUT2D eigenvalue weighted by atomic mass is 79.9. The van der Waals surface area contributed by atoms with Gasteiger partial charge >= 0.3 is 0 Å². The molecule has 14 heavy (non-hydrogen) atoms. The molecule has 0 spiro atoms. The van der Waals surface area contributed by atoms with Crippen LogP contribution in [0.2, 0.25) is 0 Å². The first-order valence-electron chi connectivity index (χ1n) is 4.23. The van der Waals surface area contributed by atoms with Crippen LogP contribution in [0, 0.1) is 5.82 Å². The number of aromatic nitrogens is 2. The summed E-state index contributed by atoms with van der Waals surface area (Å²) in [5.74, 6) is -0.281. The molecule has 0 aliphatic carbocycles. The van der Waals surface area contributed by atoms with E-state index in [1.165, 1.54) is 6.07 Å². The van der Waals surface area contributed by atoms with Crippen LogP contribution in [0.1, 0.15) is 0 Å². The molecule has 74 valence electrons. The maximum Gasteiger partial charge on any atom is 0.139 e. The molecule has 0 radical (unpaired) electrons. The average Bonchev–Trinajstić information content (AvgIpc) is 2.57. The topological polar surface area (TPSA) is 43.8 Å². The van der Waals surface area contributed by atoms with Gasteiger partial charge in [-0.2, -0.15) is 5.10 Å².